The van der Waals surface area contributed by atoms with Crippen molar-refractivity contribution in [3.63, 3.8) is 0 Å². The summed E-state index contributed by atoms with van der Waals surface area (Å²) in [6.45, 7) is 14.9. The summed E-state index contributed by atoms with van der Waals surface area (Å²) in [5.41, 5.74) is 0. The summed E-state index contributed by atoms with van der Waals surface area (Å²) < 4.78 is 5.02. The second-order valence-corrected chi connectivity index (χ2v) is 12.7. The topological polar surface area (TPSA) is 87.2 Å². The first-order valence-corrected chi connectivity index (χ1v) is 14.9. The lowest BCUT2D eigenvalue weighted by molar-refractivity contribution is -0.154. The van der Waals surface area contributed by atoms with Gasteiger partial charge in [0, 0.05) is 18.3 Å². The number of carbonyl (C=O) groups excluding carboxylic acids is 3. The number of allylic oxidation sites excluding steroid dienone is 1. The number of unbranched alkanes of at least 4 members (excludes halogenated alkanes) is 3. The van der Waals surface area contributed by atoms with Crippen molar-refractivity contribution in [2.24, 2.45) is 17.8 Å². The molecule has 0 aromatic heterocycles. The SMILES string of the molecule is C=CCCCCOC(=O)[C@@H]1[C@@H]2CCC3(S2)C(C(=O)N(CC=C)CCCC)N([C@@H](CO)CC(C)C)C(=O)[C@H]13. The van der Waals surface area contributed by atoms with Crippen molar-refractivity contribution in [3.05, 3.63) is 25.3 Å². The molecule has 8 heteroatoms. The Morgan fingerprint density at radius 1 is 1.27 bits per heavy atom. The Kier molecular flexibility index (Phi) is 10.7. The Labute approximate surface area is 227 Å². The Morgan fingerprint density at radius 3 is 2.65 bits per heavy atom. The normalized spacial score (nSPS) is 28.9. The molecule has 3 saturated heterocycles. The summed E-state index contributed by atoms with van der Waals surface area (Å²) in [6, 6.07) is -1.16. The molecule has 2 amide bonds. The van der Waals surface area contributed by atoms with Gasteiger partial charge in [0.15, 0.2) is 0 Å². The van der Waals surface area contributed by atoms with E-state index in [-0.39, 0.29) is 35.6 Å². The predicted molar refractivity (Wildman–Crippen MR) is 148 cm³/mol. The third kappa shape index (κ3) is 5.95. The second kappa shape index (κ2) is 13.3. The number of fused-ring (bicyclic) bond motifs is 1. The zero-order valence-corrected chi connectivity index (χ0v) is 23.7. The monoisotopic (exact) mass is 534 g/mol. The molecule has 3 aliphatic rings. The summed E-state index contributed by atoms with van der Waals surface area (Å²) in [5, 5.41) is 10.4. The van der Waals surface area contributed by atoms with Crippen LogP contribution in [0.25, 0.3) is 0 Å². The van der Waals surface area contributed by atoms with E-state index in [0.29, 0.717) is 32.5 Å². The Hall–Kier alpha value is -1.80. The highest BCUT2D eigenvalue weighted by atomic mass is 32.2. The van der Waals surface area contributed by atoms with Gasteiger partial charge < -0.3 is 19.6 Å². The zero-order chi connectivity index (χ0) is 27.2. The summed E-state index contributed by atoms with van der Waals surface area (Å²) in [4.78, 5) is 45.3. The minimum absolute atomic E-state index is 0.0201. The van der Waals surface area contributed by atoms with Gasteiger partial charge >= 0.3 is 5.97 Å². The van der Waals surface area contributed by atoms with Crippen LogP contribution in [0.2, 0.25) is 0 Å². The number of carbonyl (C=O) groups is 3. The van der Waals surface area contributed by atoms with Crippen LogP contribution in [0.5, 0.6) is 0 Å². The average molecular weight is 535 g/mol. The maximum Gasteiger partial charge on any atom is 0.310 e. The van der Waals surface area contributed by atoms with Crippen molar-refractivity contribution in [2.75, 3.05) is 26.3 Å². The molecule has 0 radical (unpaired) electrons. The van der Waals surface area contributed by atoms with E-state index in [9.17, 15) is 19.5 Å². The molecular weight excluding hydrogens is 488 g/mol. The van der Waals surface area contributed by atoms with Crippen LogP contribution in [0.3, 0.4) is 0 Å². The van der Waals surface area contributed by atoms with Crippen molar-refractivity contribution >= 4 is 29.5 Å². The Morgan fingerprint density at radius 2 is 2.03 bits per heavy atom. The molecule has 2 unspecified atom stereocenters. The fourth-order valence-electron chi connectivity index (χ4n) is 6.48. The van der Waals surface area contributed by atoms with Gasteiger partial charge in [0.25, 0.3) is 0 Å². The standard InChI is InChI=1S/C29H46N2O5S/c1-6-9-11-12-17-36-28(35)23-22-13-14-29(37-22)24(23)26(33)31(21(19-32)18-20(4)5)25(29)27(34)30(15-8-3)16-10-7-2/h6,8,20-25,32H,1,3,7,9-19H2,2,4-5H3/t21-,22+,23-,24+,25?,29?/m1/s1. The van der Waals surface area contributed by atoms with Gasteiger partial charge in [-0.3, -0.25) is 14.4 Å². The molecule has 7 nitrogen and oxygen atoms in total. The van der Waals surface area contributed by atoms with Gasteiger partial charge in [0.1, 0.15) is 6.04 Å². The maximum atomic E-state index is 14.2. The molecule has 0 aromatic rings. The van der Waals surface area contributed by atoms with Crippen LogP contribution in [0.15, 0.2) is 25.3 Å². The van der Waals surface area contributed by atoms with Crippen LogP contribution < -0.4 is 0 Å². The van der Waals surface area contributed by atoms with Gasteiger partial charge in [0.05, 0.1) is 35.8 Å². The highest BCUT2D eigenvalue weighted by Gasteiger charge is 2.74. The van der Waals surface area contributed by atoms with E-state index in [1.165, 1.54) is 0 Å². The molecule has 3 rings (SSSR count). The van der Waals surface area contributed by atoms with E-state index < -0.39 is 28.7 Å². The number of thioether (sulfide) groups is 1. The van der Waals surface area contributed by atoms with Crippen molar-refractivity contribution in [2.45, 2.75) is 94.2 Å². The Balaban J connectivity index is 1.95. The van der Waals surface area contributed by atoms with Gasteiger partial charge in [-0.1, -0.05) is 39.3 Å². The summed E-state index contributed by atoms with van der Waals surface area (Å²) in [6.07, 6.45) is 10.0. The van der Waals surface area contributed by atoms with E-state index >= 15 is 0 Å². The number of ether oxygens (including phenoxy) is 1. The third-order valence-electron chi connectivity index (χ3n) is 8.08. The van der Waals surface area contributed by atoms with Gasteiger partial charge in [0.2, 0.25) is 11.8 Å². The van der Waals surface area contributed by atoms with Crippen molar-refractivity contribution in [1.29, 1.82) is 0 Å². The largest absolute Gasteiger partial charge is 0.465 e. The van der Waals surface area contributed by atoms with E-state index in [4.69, 9.17) is 4.74 Å². The molecule has 2 bridgehead atoms. The minimum Gasteiger partial charge on any atom is -0.465 e. The van der Waals surface area contributed by atoms with E-state index in [0.717, 1.165) is 38.5 Å². The highest BCUT2D eigenvalue weighted by molar-refractivity contribution is 8.02. The molecule has 3 fully saturated rings. The number of hydrogen-bond donors (Lipinski definition) is 1. The smallest absolute Gasteiger partial charge is 0.310 e. The van der Waals surface area contributed by atoms with Crippen LogP contribution in [0.4, 0.5) is 0 Å². The molecule has 3 aliphatic heterocycles. The van der Waals surface area contributed by atoms with Gasteiger partial charge in [-0.05, 0) is 50.9 Å². The number of amides is 2. The first-order valence-electron chi connectivity index (χ1n) is 14.0. The minimum atomic E-state index is -0.696. The van der Waals surface area contributed by atoms with E-state index in [1.807, 2.05) is 11.0 Å². The third-order valence-corrected chi connectivity index (χ3v) is 10.0. The van der Waals surface area contributed by atoms with Gasteiger partial charge in [-0.15, -0.1) is 24.9 Å². The number of hydrogen-bond acceptors (Lipinski definition) is 6. The van der Waals surface area contributed by atoms with Crippen LogP contribution in [-0.4, -0.2) is 81.1 Å². The predicted octanol–water partition coefficient (Wildman–Crippen LogP) is 4.20. The van der Waals surface area contributed by atoms with Crippen LogP contribution in [0.1, 0.15) is 72.1 Å². The number of rotatable bonds is 16. The van der Waals surface area contributed by atoms with Crippen molar-refractivity contribution < 1.29 is 24.2 Å². The zero-order valence-electron chi connectivity index (χ0n) is 22.9. The molecule has 0 aliphatic carbocycles. The fraction of sp³-hybridized carbons (Fsp3) is 0.759. The first-order chi connectivity index (χ1) is 17.8. The molecular formula is C29H46N2O5S. The lowest BCUT2D eigenvalue weighted by Crippen LogP contribution is -2.57. The van der Waals surface area contributed by atoms with Crippen LogP contribution in [-0.2, 0) is 19.1 Å². The molecule has 1 spiro atoms. The lowest BCUT2D eigenvalue weighted by Gasteiger charge is -2.40. The molecule has 0 saturated carbocycles. The second-order valence-electron chi connectivity index (χ2n) is 11.1. The molecule has 6 atom stereocenters. The van der Waals surface area contributed by atoms with E-state index in [1.54, 1.807) is 22.7 Å². The van der Waals surface area contributed by atoms with Gasteiger partial charge in [-0.25, -0.2) is 0 Å². The number of nitrogens with zero attached hydrogens (tertiary/aromatic N) is 2. The highest BCUT2D eigenvalue weighted by Crippen LogP contribution is 2.67. The van der Waals surface area contributed by atoms with E-state index in [2.05, 4.69) is 33.9 Å². The molecule has 208 valence electrons. The molecule has 0 aromatic carbocycles. The maximum absolute atomic E-state index is 14.2. The summed E-state index contributed by atoms with van der Waals surface area (Å²) >= 11 is 1.65. The number of esters is 1. The first kappa shape index (κ1) is 29.8. The fourth-order valence-corrected chi connectivity index (χ4v) is 8.67. The number of aliphatic hydroxyl groups is 1. The summed E-state index contributed by atoms with van der Waals surface area (Å²) in [7, 11) is 0. The Bertz CT molecular complexity index is 848. The molecule has 37 heavy (non-hydrogen) atoms. The average Bonchev–Trinajstić information content (AvgIpc) is 3.51. The van der Waals surface area contributed by atoms with Gasteiger partial charge in [-0.2, -0.15) is 0 Å². The quantitative estimate of drug-likeness (QED) is 0.181. The summed E-state index contributed by atoms with van der Waals surface area (Å²) in [5.74, 6) is -1.48. The lowest BCUT2D eigenvalue weighted by atomic mass is 9.71. The molecule has 1 N–H and O–H groups in total. The van der Waals surface area contributed by atoms with Crippen molar-refractivity contribution in [1.82, 2.24) is 9.80 Å². The number of aliphatic hydroxyl groups excluding tert-OH is 1. The van der Waals surface area contributed by atoms with Crippen molar-refractivity contribution in [3.8, 4) is 0 Å². The van der Waals surface area contributed by atoms with Crippen LogP contribution in [0, 0.1) is 17.8 Å². The molecule has 3 heterocycles. The van der Waals surface area contributed by atoms with Crippen LogP contribution >= 0.6 is 11.8 Å². The number of likely N-dealkylation sites (tertiary alicyclic amines) is 1.